The van der Waals surface area contributed by atoms with E-state index >= 15 is 0 Å². The number of imidazole rings is 1. The summed E-state index contributed by atoms with van der Waals surface area (Å²) in [5.74, 6) is 1.36. The molecular weight excluding hydrogens is 536 g/mol. The van der Waals surface area contributed by atoms with Gasteiger partial charge in [-0.05, 0) is 51.6 Å². The molecule has 2 aliphatic rings. The lowest BCUT2D eigenvalue weighted by Gasteiger charge is -2.39. The number of fused-ring (bicyclic) bond motifs is 10. The van der Waals surface area contributed by atoms with E-state index in [0.717, 1.165) is 44.7 Å². The number of benzene rings is 6. The third-order valence-corrected chi connectivity index (χ3v) is 9.43. The first-order chi connectivity index (χ1) is 21.8. The highest BCUT2D eigenvalue weighted by atomic mass is 15.1. The van der Waals surface area contributed by atoms with Gasteiger partial charge in [-0.2, -0.15) is 0 Å². The Hall–Kier alpha value is -5.87. The molecule has 0 saturated heterocycles. The van der Waals surface area contributed by atoms with Crippen LogP contribution >= 0.6 is 0 Å². The van der Waals surface area contributed by atoms with Gasteiger partial charge in [0.15, 0.2) is 11.6 Å². The molecule has 2 aromatic heterocycles. The van der Waals surface area contributed by atoms with Crippen LogP contribution in [0.15, 0.2) is 146 Å². The van der Waals surface area contributed by atoms with Crippen molar-refractivity contribution in [3.8, 4) is 39.7 Å². The average Bonchev–Trinajstić information content (AvgIpc) is 3.63. The third kappa shape index (κ3) is 2.89. The fourth-order valence-corrected chi connectivity index (χ4v) is 7.75. The standard InChI is InChI=1S/C40H24N4/c1-2-13-25(14-3-1)36-28-17-6-10-22-33(28)41-38(43-36)39-42-34-23-12-21-32-37(34)44(39)35-24-11-9-20-31(35)40(32)29-18-7-4-15-26(29)27-16-5-8-19-30(27)40/h1-24H. The van der Waals surface area contributed by atoms with Gasteiger partial charge in [0, 0.05) is 10.9 Å². The Morgan fingerprint density at radius 3 is 1.86 bits per heavy atom. The van der Waals surface area contributed by atoms with E-state index in [1.807, 2.05) is 18.2 Å². The van der Waals surface area contributed by atoms with Gasteiger partial charge in [0.05, 0.1) is 33.3 Å². The van der Waals surface area contributed by atoms with Gasteiger partial charge in [0.2, 0.25) is 0 Å². The van der Waals surface area contributed by atoms with E-state index in [1.54, 1.807) is 0 Å². The highest BCUT2D eigenvalue weighted by molar-refractivity contribution is 5.98. The van der Waals surface area contributed by atoms with Gasteiger partial charge in [-0.3, -0.25) is 4.57 Å². The Kier molecular flexibility index (Phi) is 4.62. The minimum atomic E-state index is -0.462. The van der Waals surface area contributed by atoms with Crippen molar-refractivity contribution in [1.29, 1.82) is 0 Å². The molecule has 0 unspecified atom stereocenters. The Morgan fingerprint density at radius 2 is 1.07 bits per heavy atom. The van der Waals surface area contributed by atoms with Gasteiger partial charge in [-0.25, -0.2) is 15.0 Å². The summed E-state index contributed by atoms with van der Waals surface area (Å²) >= 11 is 0. The molecule has 204 valence electrons. The zero-order valence-corrected chi connectivity index (χ0v) is 23.6. The maximum absolute atomic E-state index is 5.30. The molecule has 0 bridgehead atoms. The van der Waals surface area contributed by atoms with Crippen molar-refractivity contribution < 1.29 is 0 Å². The minimum absolute atomic E-state index is 0.462. The van der Waals surface area contributed by atoms with Crippen LogP contribution in [0, 0.1) is 0 Å². The first-order valence-electron chi connectivity index (χ1n) is 15.0. The van der Waals surface area contributed by atoms with E-state index in [0.29, 0.717) is 5.82 Å². The normalized spacial score (nSPS) is 13.6. The highest BCUT2D eigenvalue weighted by Gasteiger charge is 2.50. The Labute approximate surface area is 254 Å². The summed E-state index contributed by atoms with van der Waals surface area (Å²) in [5, 5.41) is 1.02. The molecule has 4 nitrogen and oxygen atoms in total. The molecule has 1 spiro atoms. The van der Waals surface area contributed by atoms with Gasteiger partial charge >= 0.3 is 0 Å². The topological polar surface area (TPSA) is 43.6 Å². The van der Waals surface area contributed by atoms with Crippen molar-refractivity contribution in [3.05, 3.63) is 168 Å². The lowest BCUT2D eigenvalue weighted by molar-refractivity contribution is 0.745. The molecule has 1 aliphatic carbocycles. The zero-order chi connectivity index (χ0) is 28.8. The fourth-order valence-electron chi connectivity index (χ4n) is 7.75. The van der Waals surface area contributed by atoms with Gasteiger partial charge in [0.1, 0.15) is 0 Å². The molecular formula is C40H24N4. The maximum atomic E-state index is 5.30. The maximum Gasteiger partial charge on any atom is 0.197 e. The SMILES string of the molecule is c1ccc(-c2nc(-c3nc4cccc5c4n3-c3ccccc3C53c4ccccc4-c4ccccc43)nc3ccccc23)cc1. The quantitative estimate of drug-likeness (QED) is 0.212. The number of nitrogens with zero attached hydrogens (tertiary/aromatic N) is 4. The first kappa shape index (κ1) is 23.7. The summed E-state index contributed by atoms with van der Waals surface area (Å²) in [4.78, 5) is 15.7. The van der Waals surface area contributed by atoms with Crippen LogP contribution in [0.1, 0.15) is 22.3 Å². The third-order valence-electron chi connectivity index (χ3n) is 9.43. The number of para-hydroxylation sites is 3. The Morgan fingerprint density at radius 1 is 0.455 bits per heavy atom. The molecule has 44 heavy (non-hydrogen) atoms. The van der Waals surface area contributed by atoms with E-state index in [-0.39, 0.29) is 0 Å². The zero-order valence-electron chi connectivity index (χ0n) is 23.6. The van der Waals surface area contributed by atoms with Crippen LogP contribution in [0.3, 0.4) is 0 Å². The van der Waals surface area contributed by atoms with E-state index in [2.05, 4.69) is 132 Å². The molecule has 0 N–H and O–H groups in total. The summed E-state index contributed by atoms with van der Waals surface area (Å²) in [6.07, 6.45) is 0. The van der Waals surface area contributed by atoms with E-state index < -0.39 is 5.41 Å². The van der Waals surface area contributed by atoms with Crippen LogP contribution < -0.4 is 0 Å². The highest BCUT2D eigenvalue weighted by Crippen LogP contribution is 2.60. The summed E-state index contributed by atoms with van der Waals surface area (Å²) in [6, 6.07) is 51.7. The van der Waals surface area contributed by atoms with Crippen molar-refractivity contribution in [2.24, 2.45) is 0 Å². The van der Waals surface area contributed by atoms with E-state index in [9.17, 15) is 0 Å². The lowest BCUT2D eigenvalue weighted by atomic mass is 9.65. The number of hydrogen-bond donors (Lipinski definition) is 0. The van der Waals surface area contributed by atoms with Crippen LogP contribution in [0.5, 0.6) is 0 Å². The Bertz CT molecular complexity index is 2410. The second kappa shape index (κ2) is 8.59. The van der Waals surface area contributed by atoms with Crippen LogP contribution in [-0.4, -0.2) is 19.5 Å². The molecule has 0 atom stereocenters. The molecule has 3 heterocycles. The van der Waals surface area contributed by atoms with Crippen LogP contribution in [0.25, 0.3) is 61.7 Å². The van der Waals surface area contributed by atoms with Crippen molar-refractivity contribution >= 4 is 21.9 Å². The van der Waals surface area contributed by atoms with Crippen molar-refractivity contribution in [2.45, 2.75) is 5.41 Å². The number of hydrogen-bond acceptors (Lipinski definition) is 3. The number of rotatable bonds is 2. The van der Waals surface area contributed by atoms with Crippen LogP contribution in [0.2, 0.25) is 0 Å². The predicted octanol–water partition coefficient (Wildman–Crippen LogP) is 8.98. The number of aromatic nitrogens is 4. The van der Waals surface area contributed by atoms with E-state index in [4.69, 9.17) is 15.0 Å². The minimum Gasteiger partial charge on any atom is -0.289 e. The summed E-state index contributed by atoms with van der Waals surface area (Å²) < 4.78 is 2.30. The van der Waals surface area contributed by atoms with Gasteiger partial charge < -0.3 is 0 Å². The monoisotopic (exact) mass is 560 g/mol. The summed E-state index contributed by atoms with van der Waals surface area (Å²) in [5.41, 5.74) is 13.2. The molecule has 0 fully saturated rings. The molecule has 4 heteroatoms. The smallest absolute Gasteiger partial charge is 0.197 e. The molecule has 0 radical (unpaired) electrons. The molecule has 10 rings (SSSR count). The van der Waals surface area contributed by atoms with Crippen molar-refractivity contribution in [1.82, 2.24) is 19.5 Å². The largest absolute Gasteiger partial charge is 0.289 e. The summed E-state index contributed by atoms with van der Waals surface area (Å²) in [6.45, 7) is 0. The van der Waals surface area contributed by atoms with Gasteiger partial charge in [-0.1, -0.05) is 127 Å². The van der Waals surface area contributed by atoms with Gasteiger partial charge in [-0.15, -0.1) is 0 Å². The molecule has 8 aromatic rings. The van der Waals surface area contributed by atoms with Crippen molar-refractivity contribution in [3.63, 3.8) is 0 Å². The van der Waals surface area contributed by atoms with Crippen molar-refractivity contribution in [2.75, 3.05) is 0 Å². The predicted molar refractivity (Wildman–Crippen MR) is 176 cm³/mol. The van der Waals surface area contributed by atoms with E-state index in [1.165, 1.54) is 33.4 Å². The molecule has 0 saturated carbocycles. The Balaban J connectivity index is 1.35. The first-order valence-corrected chi connectivity index (χ1v) is 15.0. The second-order valence-electron chi connectivity index (χ2n) is 11.6. The fraction of sp³-hybridized carbons (Fsp3) is 0.0250. The van der Waals surface area contributed by atoms with Crippen LogP contribution in [0.4, 0.5) is 0 Å². The molecule has 6 aromatic carbocycles. The van der Waals surface area contributed by atoms with Crippen LogP contribution in [-0.2, 0) is 5.41 Å². The van der Waals surface area contributed by atoms with Gasteiger partial charge in [0.25, 0.3) is 0 Å². The summed E-state index contributed by atoms with van der Waals surface area (Å²) in [7, 11) is 0. The lowest BCUT2D eigenvalue weighted by Crippen LogP contribution is -2.33. The average molecular weight is 561 g/mol. The molecule has 0 amide bonds. The molecule has 1 aliphatic heterocycles. The second-order valence-corrected chi connectivity index (χ2v) is 11.6.